The Morgan fingerprint density at radius 2 is 1.87 bits per heavy atom. The van der Waals surface area contributed by atoms with Crippen LogP contribution >= 0.6 is 0 Å². The number of amides is 1. The molecule has 8 nitrogen and oxygen atoms in total. The molecule has 5 rings (SSSR count). The molecule has 1 aliphatic rings. The summed E-state index contributed by atoms with van der Waals surface area (Å²) in [6, 6.07) is 13.8. The number of rotatable bonds is 4. The van der Waals surface area contributed by atoms with E-state index in [1.807, 2.05) is 24.3 Å². The SMILES string of the molecule is O=C(Cc1noc(-c2ccccc2F)n1)N1CCC(n2c(=O)[nH]c3ccccc32)CC1. The van der Waals surface area contributed by atoms with Crippen LogP contribution in [0.4, 0.5) is 4.39 Å². The molecule has 2 aromatic carbocycles. The molecule has 1 aliphatic heterocycles. The highest BCUT2D eigenvalue weighted by molar-refractivity contribution is 5.78. The molecule has 4 aromatic rings. The van der Waals surface area contributed by atoms with Gasteiger partial charge < -0.3 is 14.4 Å². The number of hydrogen-bond acceptors (Lipinski definition) is 5. The van der Waals surface area contributed by atoms with Crippen molar-refractivity contribution >= 4 is 16.9 Å². The first-order valence-electron chi connectivity index (χ1n) is 10.1. The lowest BCUT2D eigenvalue weighted by Gasteiger charge is -2.32. The van der Waals surface area contributed by atoms with Crippen LogP contribution in [0.25, 0.3) is 22.5 Å². The van der Waals surface area contributed by atoms with Gasteiger partial charge in [-0.25, -0.2) is 9.18 Å². The standard InChI is InChI=1S/C22H20FN5O3/c23-16-6-2-1-5-15(16)21-25-19(26-31-21)13-20(29)27-11-9-14(10-12-27)28-18-8-4-3-7-17(18)24-22(28)30/h1-8,14H,9-13H2,(H,24,30). The Hall–Kier alpha value is -3.75. The summed E-state index contributed by atoms with van der Waals surface area (Å²) < 4.78 is 20.8. The first-order chi connectivity index (χ1) is 15.1. The molecule has 0 bridgehead atoms. The molecule has 1 N–H and O–H groups in total. The lowest BCUT2D eigenvalue weighted by Crippen LogP contribution is -2.41. The molecular weight excluding hydrogens is 401 g/mol. The van der Waals surface area contributed by atoms with Crippen molar-refractivity contribution in [2.24, 2.45) is 0 Å². The number of aromatic nitrogens is 4. The van der Waals surface area contributed by atoms with E-state index in [1.165, 1.54) is 6.07 Å². The number of aromatic amines is 1. The maximum Gasteiger partial charge on any atom is 0.326 e. The van der Waals surface area contributed by atoms with Gasteiger partial charge >= 0.3 is 5.69 Å². The third-order valence-electron chi connectivity index (χ3n) is 5.69. The van der Waals surface area contributed by atoms with Gasteiger partial charge in [0.25, 0.3) is 5.89 Å². The van der Waals surface area contributed by atoms with Crippen LogP contribution in [-0.2, 0) is 11.2 Å². The lowest BCUT2D eigenvalue weighted by molar-refractivity contribution is -0.131. The Morgan fingerprint density at radius 3 is 2.68 bits per heavy atom. The van der Waals surface area contributed by atoms with E-state index in [0.717, 1.165) is 11.0 Å². The number of carbonyl (C=O) groups is 1. The summed E-state index contributed by atoms with van der Waals surface area (Å²) in [5.74, 6) is -0.305. The van der Waals surface area contributed by atoms with Crippen molar-refractivity contribution in [3.05, 3.63) is 70.7 Å². The second kappa shape index (κ2) is 7.82. The van der Waals surface area contributed by atoms with Crippen LogP contribution in [0.15, 0.2) is 57.8 Å². The number of carbonyl (C=O) groups excluding carboxylic acids is 1. The Kier molecular flexibility index (Phi) is 4.85. The van der Waals surface area contributed by atoms with Crippen molar-refractivity contribution in [3.63, 3.8) is 0 Å². The van der Waals surface area contributed by atoms with Crippen molar-refractivity contribution in [1.29, 1.82) is 0 Å². The maximum atomic E-state index is 13.9. The minimum atomic E-state index is -0.460. The fourth-order valence-electron chi connectivity index (χ4n) is 4.13. The normalized spacial score (nSPS) is 14.9. The zero-order chi connectivity index (χ0) is 21.4. The summed E-state index contributed by atoms with van der Waals surface area (Å²) >= 11 is 0. The van der Waals surface area contributed by atoms with Gasteiger partial charge in [-0.2, -0.15) is 4.98 Å². The van der Waals surface area contributed by atoms with E-state index in [-0.39, 0.29) is 41.3 Å². The molecule has 1 amide bonds. The average Bonchev–Trinajstić information content (AvgIpc) is 3.37. The highest BCUT2D eigenvalue weighted by Crippen LogP contribution is 2.25. The lowest BCUT2D eigenvalue weighted by atomic mass is 10.0. The van der Waals surface area contributed by atoms with Crippen LogP contribution in [-0.4, -0.2) is 43.6 Å². The molecule has 1 saturated heterocycles. The molecule has 31 heavy (non-hydrogen) atoms. The second-order valence-electron chi connectivity index (χ2n) is 7.60. The van der Waals surface area contributed by atoms with Gasteiger partial charge in [0.1, 0.15) is 5.82 Å². The highest BCUT2D eigenvalue weighted by Gasteiger charge is 2.27. The van der Waals surface area contributed by atoms with Crippen molar-refractivity contribution in [2.45, 2.75) is 25.3 Å². The molecule has 0 aliphatic carbocycles. The van der Waals surface area contributed by atoms with Gasteiger partial charge in [0, 0.05) is 19.1 Å². The van der Waals surface area contributed by atoms with E-state index in [4.69, 9.17) is 4.52 Å². The third-order valence-corrected chi connectivity index (χ3v) is 5.69. The Labute approximate surface area is 176 Å². The van der Waals surface area contributed by atoms with Gasteiger partial charge in [0.15, 0.2) is 5.82 Å². The Bertz CT molecular complexity index is 1300. The molecular formula is C22H20FN5O3. The predicted molar refractivity (Wildman–Crippen MR) is 111 cm³/mol. The number of nitrogens with zero attached hydrogens (tertiary/aromatic N) is 4. The van der Waals surface area contributed by atoms with Crippen molar-refractivity contribution in [2.75, 3.05) is 13.1 Å². The van der Waals surface area contributed by atoms with Gasteiger partial charge in [-0.15, -0.1) is 0 Å². The van der Waals surface area contributed by atoms with Crippen LogP contribution in [0.2, 0.25) is 0 Å². The predicted octanol–water partition coefficient (Wildman–Crippen LogP) is 2.92. The second-order valence-corrected chi connectivity index (χ2v) is 7.60. The van der Waals surface area contributed by atoms with Crippen LogP contribution in [0.5, 0.6) is 0 Å². The Morgan fingerprint density at radius 1 is 1.13 bits per heavy atom. The maximum absolute atomic E-state index is 13.9. The smallest absolute Gasteiger partial charge is 0.326 e. The van der Waals surface area contributed by atoms with E-state index < -0.39 is 5.82 Å². The van der Waals surface area contributed by atoms with Crippen LogP contribution < -0.4 is 5.69 Å². The fraction of sp³-hybridized carbons (Fsp3) is 0.273. The molecule has 9 heteroatoms. The molecule has 3 heterocycles. The van der Waals surface area contributed by atoms with Gasteiger partial charge in [0.2, 0.25) is 5.91 Å². The average molecular weight is 421 g/mol. The Balaban J connectivity index is 1.24. The monoisotopic (exact) mass is 421 g/mol. The molecule has 0 atom stereocenters. The molecule has 0 unspecified atom stereocenters. The number of hydrogen-bond donors (Lipinski definition) is 1. The minimum absolute atomic E-state index is 0.0182. The van der Waals surface area contributed by atoms with Crippen LogP contribution in [0.1, 0.15) is 24.7 Å². The topological polar surface area (TPSA) is 97.0 Å². The molecule has 0 radical (unpaired) electrons. The summed E-state index contributed by atoms with van der Waals surface area (Å²) in [6.45, 7) is 1.07. The summed E-state index contributed by atoms with van der Waals surface area (Å²) in [7, 11) is 0. The van der Waals surface area contributed by atoms with Crippen molar-refractivity contribution in [3.8, 4) is 11.5 Å². The van der Waals surface area contributed by atoms with E-state index in [1.54, 1.807) is 27.7 Å². The summed E-state index contributed by atoms with van der Waals surface area (Å²) in [4.78, 5) is 33.9. The third kappa shape index (κ3) is 3.63. The van der Waals surface area contributed by atoms with Gasteiger partial charge in [-0.05, 0) is 37.1 Å². The highest BCUT2D eigenvalue weighted by atomic mass is 19.1. The van der Waals surface area contributed by atoms with Gasteiger partial charge in [-0.3, -0.25) is 9.36 Å². The molecule has 2 aromatic heterocycles. The number of para-hydroxylation sites is 2. The summed E-state index contributed by atoms with van der Waals surface area (Å²) in [5, 5.41) is 3.82. The number of imidazole rings is 1. The molecule has 0 spiro atoms. The van der Waals surface area contributed by atoms with Gasteiger partial charge in [0.05, 0.1) is 23.0 Å². The molecule has 0 saturated carbocycles. The summed E-state index contributed by atoms with van der Waals surface area (Å²) in [5.41, 5.74) is 1.77. The number of H-pyrrole nitrogens is 1. The fourth-order valence-corrected chi connectivity index (χ4v) is 4.13. The molecule has 1 fully saturated rings. The zero-order valence-electron chi connectivity index (χ0n) is 16.6. The van der Waals surface area contributed by atoms with E-state index >= 15 is 0 Å². The number of likely N-dealkylation sites (tertiary alicyclic amines) is 1. The van der Waals surface area contributed by atoms with E-state index in [0.29, 0.717) is 25.9 Å². The largest absolute Gasteiger partial charge is 0.342 e. The van der Waals surface area contributed by atoms with E-state index in [9.17, 15) is 14.0 Å². The number of fused-ring (bicyclic) bond motifs is 1. The first kappa shape index (κ1) is 19.2. The zero-order valence-corrected chi connectivity index (χ0v) is 16.6. The first-order valence-corrected chi connectivity index (χ1v) is 10.1. The minimum Gasteiger partial charge on any atom is -0.342 e. The number of nitrogens with one attached hydrogen (secondary N) is 1. The van der Waals surface area contributed by atoms with Gasteiger partial charge in [-0.1, -0.05) is 29.4 Å². The number of piperidine rings is 1. The van der Waals surface area contributed by atoms with E-state index in [2.05, 4.69) is 15.1 Å². The number of halogens is 1. The van der Waals surface area contributed by atoms with Crippen LogP contribution in [0.3, 0.4) is 0 Å². The molecule has 158 valence electrons. The quantitative estimate of drug-likeness (QED) is 0.547. The van der Waals surface area contributed by atoms with Crippen LogP contribution in [0, 0.1) is 5.82 Å². The van der Waals surface area contributed by atoms with Crippen molar-refractivity contribution in [1.82, 2.24) is 24.6 Å². The number of benzene rings is 2. The van der Waals surface area contributed by atoms with Crippen molar-refractivity contribution < 1.29 is 13.7 Å². The summed E-state index contributed by atoms with van der Waals surface area (Å²) in [6.07, 6.45) is 1.34.